The first kappa shape index (κ1) is 16.7. The van der Waals surface area contributed by atoms with Crippen molar-refractivity contribution in [1.82, 2.24) is 0 Å². The van der Waals surface area contributed by atoms with Crippen LogP contribution < -0.4 is 0 Å². The molecular formula is C17H24O5. The molecule has 0 aliphatic heterocycles. The summed E-state index contributed by atoms with van der Waals surface area (Å²) in [5.74, 6) is -2.62. The third kappa shape index (κ3) is 3.09. The van der Waals surface area contributed by atoms with Gasteiger partial charge in [0.15, 0.2) is 5.92 Å². The van der Waals surface area contributed by atoms with Gasteiger partial charge in [-0.3, -0.25) is 9.59 Å². The number of carbonyl (C=O) groups is 2. The Morgan fingerprint density at radius 2 is 1.82 bits per heavy atom. The van der Waals surface area contributed by atoms with Gasteiger partial charge in [-0.15, -0.1) is 0 Å². The van der Waals surface area contributed by atoms with Crippen LogP contribution in [0.15, 0.2) is 23.8 Å². The molecule has 0 aromatic heterocycles. The Kier molecular flexibility index (Phi) is 4.47. The highest BCUT2D eigenvalue weighted by molar-refractivity contribution is 5.95. The molecule has 0 aromatic rings. The molecule has 0 bridgehead atoms. The molecule has 3 atom stereocenters. The zero-order chi connectivity index (χ0) is 16.5. The Hall–Kier alpha value is -1.62. The van der Waals surface area contributed by atoms with Crippen LogP contribution in [0.25, 0.3) is 0 Å². The molecule has 2 aliphatic carbocycles. The van der Waals surface area contributed by atoms with E-state index in [-0.39, 0.29) is 5.41 Å². The van der Waals surface area contributed by atoms with E-state index in [9.17, 15) is 14.7 Å². The fraction of sp³-hybridized carbons (Fsp3) is 0.647. The molecule has 5 heteroatoms. The number of aliphatic hydroxyl groups is 1. The number of esters is 2. The van der Waals surface area contributed by atoms with Crippen molar-refractivity contribution in [2.75, 3.05) is 14.2 Å². The lowest BCUT2D eigenvalue weighted by Crippen LogP contribution is -2.39. The molecule has 5 nitrogen and oxygen atoms in total. The summed E-state index contributed by atoms with van der Waals surface area (Å²) in [4.78, 5) is 23.9. The summed E-state index contributed by atoms with van der Waals surface area (Å²) in [6.45, 7) is 3.94. The fourth-order valence-corrected chi connectivity index (χ4v) is 3.31. The normalized spacial score (nSPS) is 33.9. The molecule has 1 N–H and O–H groups in total. The molecule has 0 radical (unpaired) electrons. The van der Waals surface area contributed by atoms with Crippen LogP contribution in [-0.4, -0.2) is 36.9 Å². The summed E-state index contributed by atoms with van der Waals surface area (Å²) >= 11 is 0. The summed E-state index contributed by atoms with van der Waals surface area (Å²) in [7, 11) is 2.51. The zero-order valence-electron chi connectivity index (χ0n) is 13.6. The molecule has 1 saturated carbocycles. The number of carbonyl (C=O) groups excluding carboxylic acids is 2. The number of allylic oxidation sites excluding steroid dienone is 3. The highest BCUT2D eigenvalue weighted by atomic mass is 16.5. The minimum atomic E-state index is -1.00. The molecule has 0 heterocycles. The van der Waals surface area contributed by atoms with Crippen LogP contribution in [-0.2, 0) is 19.1 Å². The second kappa shape index (κ2) is 5.88. The van der Waals surface area contributed by atoms with Gasteiger partial charge in [0, 0.05) is 11.3 Å². The van der Waals surface area contributed by atoms with Crippen molar-refractivity contribution in [2.45, 2.75) is 38.7 Å². The van der Waals surface area contributed by atoms with E-state index in [2.05, 4.69) is 6.92 Å². The molecule has 2 aliphatic rings. The standard InChI is InChI=1S/C17H24O5/c1-16-6-5-11(13(14(18)21-3)15(19)22-4)9-12(16)10-17(2,20)8-7-16/h5-6,9,11,13,20H,7-8,10H2,1-4H3/t11-,16-,17+/m0/s1. The van der Waals surface area contributed by atoms with Crippen LogP contribution in [0.5, 0.6) is 0 Å². The largest absolute Gasteiger partial charge is 0.468 e. The predicted octanol–water partition coefficient (Wildman–Crippen LogP) is 2.00. The molecule has 0 amide bonds. The lowest BCUT2D eigenvalue weighted by Gasteiger charge is -2.44. The third-order valence-electron chi connectivity index (χ3n) is 4.86. The van der Waals surface area contributed by atoms with Crippen LogP contribution >= 0.6 is 0 Å². The smallest absolute Gasteiger partial charge is 0.320 e. The highest BCUT2D eigenvalue weighted by Crippen LogP contribution is 2.48. The average molecular weight is 308 g/mol. The van der Waals surface area contributed by atoms with E-state index in [0.29, 0.717) is 6.42 Å². The molecule has 0 spiro atoms. The SMILES string of the molecule is COC(=O)C(C(=O)OC)[C@H]1C=C[C@@]2(C)CC[C@@](C)(O)CC2=C1. The van der Waals surface area contributed by atoms with Crippen molar-refractivity contribution in [3.8, 4) is 0 Å². The van der Waals surface area contributed by atoms with Gasteiger partial charge in [0.05, 0.1) is 19.8 Å². The topological polar surface area (TPSA) is 72.8 Å². The van der Waals surface area contributed by atoms with E-state index in [0.717, 1.165) is 18.4 Å². The van der Waals surface area contributed by atoms with Crippen LogP contribution in [0, 0.1) is 17.3 Å². The van der Waals surface area contributed by atoms with Crippen molar-refractivity contribution in [3.05, 3.63) is 23.8 Å². The summed E-state index contributed by atoms with van der Waals surface area (Å²) in [5, 5.41) is 10.3. The first-order valence-corrected chi connectivity index (χ1v) is 7.51. The first-order valence-electron chi connectivity index (χ1n) is 7.51. The zero-order valence-corrected chi connectivity index (χ0v) is 13.6. The van der Waals surface area contributed by atoms with Crippen LogP contribution in [0.4, 0.5) is 0 Å². The molecular weight excluding hydrogens is 284 g/mol. The second-order valence-electron chi connectivity index (χ2n) is 6.74. The van der Waals surface area contributed by atoms with Gasteiger partial charge in [0.25, 0.3) is 0 Å². The average Bonchev–Trinajstić information content (AvgIpc) is 2.47. The van der Waals surface area contributed by atoms with E-state index in [1.807, 2.05) is 25.2 Å². The van der Waals surface area contributed by atoms with Gasteiger partial charge in [-0.05, 0) is 26.2 Å². The summed E-state index contributed by atoms with van der Waals surface area (Å²) in [6, 6.07) is 0. The van der Waals surface area contributed by atoms with E-state index in [4.69, 9.17) is 9.47 Å². The molecule has 22 heavy (non-hydrogen) atoms. The number of ether oxygens (including phenoxy) is 2. The third-order valence-corrected chi connectivity index (χ3v) is 4.86. The van der Waals surface area contributed by atoms with Crippen LogP contribution in [0.3, 0.4) is 0 Å². The van der Waals surface area contributed by atoms with E-state index in [1.54, 1.807) is 0 Å². The minimum Gasteiger partial charge on any atom is -0.468 e. The van der Waals surface area contributed by atoms with Crippen molar-refractivity contribution in [3.63, 3.8) is 0 Å². The van der Waals surface area contributed by atoms with Crippen molar-refractivity contribution in [1.29, 1.82) is 0 Å². The van der Waals surface area contributed by atoms with Gasteiger partial charge in [-0.1, -0.05) is 30.7 Å². The van der Waals surface area contributed by atoms with Gasteiger partial charge in [-0.25, -0.2) is 0 Å². The summed E-state index contributed by atoms with van der Waals surface area (Å²) < 4.78 is 9.48. The molecule has 1 fully saturated rings. The van der Waals surface area contributed by atoms with Crippen LogP contribution in [0.2, 0.25) is 0 Å². The molecule has 0 unspecified atom stereocenters. The fourth-order valence-electron chi connectivity index (χ4n) is 3.31. The minimum absolute atomic E-state index is 0.116. The second-order valence-corrected chi connectivity index (χ2v) is 6.74. The number of hydrogen-bond donors (Lipinski definition) is 1. The molecule has 0 saturated heterocycles. The predicted molar refractivity (Wildman–Crippen MR) is 80.8 cm³/mol. The van der Waals surface area contributed by atoms with Gasteiger partial charge in [0.1, 0.15) is 0 Å². The van der Waals surface area contributed by atoms with Crippen molar-refractivity contribution in [2.24, 2.45) is 17.3 Å². The quantitative estimate of drug-likeness (QED) is 0.490. The number of fused-ring (bicyclic) bond motifs is 1. The Bertz CT molecular complexity index is 515. The van der Waals surface area contributed by atoms with Crippen molar-refractivity contribution < 1.29 is 24.2 Å². The summed E-state index contributed by atoms with van der Waals surface area (Å²) in [6.07, 6.45) is 7.96. The summed E-state index contributed by atoms with van der Waals surface area (Å²) in [5.41, 5.74) is 0.205. The number of methoxy groups -OCH3 is 2. The highest BCUT2D eigenvalue weighted by Gasteiger charge is 2.43. The van der Waals surface area contributed by atoms with Gasteiger partial charge < -0.3 is 14.6 Å². The Morgan fingerprint density at radius 3 is 2.36 bits per heavy atom. The maximum absolute atomic E-state index is 11.9. The Morgan fingerprint density at radius 1 is 1.23 bits per heavy atom. The lowest BCUT2D eigenvalue weighted by molar-refractivity contribution is -0.160. The van der Waals surface area contributed by atoms with Crippen LogP contribution in [0.1, 0.15) is 33.1 Å². The Labute approximate surface area is 131 Å². The monoisotopic (exact) mass is 308 g/mol. The van der Waals surface area contributed by atoms with Gasteiger partial charge in [-0.2, -0.15) is 0 Å². The number of hydrogen-bond acceptors (Lipinski definition) is 5. The van der Waals surface area contributed by atoms with Crippen molar-refractivity contribution >= 4 is 11.9 Å². The maximum atomic E-state index is 11.9. The van der Waals surface area contributed by atoms with E-state index >= 15 is 0 Å². The Balaban J connectivity index is 2.33. The number of rotatable bonds is 3. The van der Waals surface area contributed by atoms with E-state index in [1.165, 1.54) is 14.2 Å². The molecule has 2 rings (SSSR count). The molecule has 0 aromatic carbocycles. The first-order chi connectivity index (χ1) is 10.2. The molecule has 122 valence electrons. The van der Waals surface area contributed by atoms with Gasteiger partial charge >= 0.3 is 11.9 Å². The lowest BCUT2D eigenvalue weighted by atomic mass is 9.63. The van der Waals surface area contributed by atoms with E-state index < -0.39 is 29.4 Å². The van der Waals surface area contributed by atoms with Gasteiger partial charge in [0.2, 0.25) is 0 Å². The maximum Gasteiger partial charge on any atom is 0.320 e.